The minimum absolute atomic E-state index is 0.152. The molecule has 1 aliphatic carbocycles. The number of carbonyl (C=O) groups excluding carboxylic acids is 1. The maximum atomic E-state index is 12.8. The second kappa shape index (κ2) is 9.09. The van der Waals surface area contributed by atoms with Crippen molar-refractivity contribution < 1.29 is 26.4 Å². The highest BCUT2D eigenvalue weighted by Crippen LogP contribution is 2.40. The summed E-state index contributed by atoms with van der Waals surface area (Å²) < 4.78 is 64.9. The van der Waals surface area contributed by atoms with Crippen LogP contribution in [-0.2, 0) is 23.0 Å². The molecule has 0 unspecified atom stereocenters. The summed E-state index contributed by atoms with van der Waals surface area (Å²) in [5.41, 5.74) is -1.90. The van der Waals surface area contributed by atoms with Crippen molar-refractivity contribution in [1.82, 2.24) is 14.3 Å². The van der Waals surface area contributed by atoms with Crippen molar-refractivity contribution in [1.29, 1.82) is 0 Å². The Hall–Kier alpha value is -3.66. The molecule has 1 fully saturated rings. The maximum Gasteiger partial charge on any atom is 0.516 e. The minimum Gasteiger partial charge on any atom is -0.343 e. The molecule has 0 atom stereocenters. The molecule has 2 heterocycles. The molecule has 2 aromatic heterocycles. The Balaban J connectivity index is 1.43. The van der Waals surface area contributed by atoms with E-state index in [4.69, 9.17) is 0 Å². The third-order valence-electron chi connectivity index (χ3n) is 6.22. The van der Waals surface area contributed by atoms with Crippen LogP contribution in [0.1, 0.15) is 51.5 Å². The van der Waals surface area contributed by atoms with Gasteiger partial charge in [0.1, 0.15) is 0 Å². The van der Waals surface area contributed by atoms with Gasteiger partial charge in [0.05, 0.1) is 11.3 Å². The van der Waals surface area contributed by atoms with E-state index in [2.05, 4.69) is 9.55 Å². The highest BCUT2D eigenvalue weighted by atomic mass is 32.2. The molecule has 0 bridgehead atoms. The lowest BCUT2D eigenvalue weighted by Crippen LogP contribution is -2.40. The van der Waals surface area contributed by atoms with Crippen molar-refractivity contribution in [3.05, 3.63) is 101 Å². The summed E-state index contributed by atoms with van der Waals surface area (Å²) in [6.45, 7) is 0.700. The van der Waals surface area contributed by atoms with E-state index in [9.17, 15) is 26.4 Å². The maximum absolute atomic E-state index is 12.8. The lowest BCUT2D eigenvalue weighted by atomic mass is 10.0. The standard InChI is InChI=1S/C26H22F3N3O3S/c27-26(28,29)36(34,35)31-25(33)22-14-21(19-7-8-19)15-30-23(22)13-18-6-9-24-20(12-18)10-11-32(24)16-17-4-2-1-3-5-17/h1-6,9-12,14-15,19H,7-8,13,16H2,(H,31,33). The van der Waals surface area contributed by atoms with Crippen molar-refractivity contribution in [2.75, 3.05) is 0 Å². The van der Waals surface area contributed by atoms with Crippen LogP contribution < -0.4 is 4.72 Å². The van der Waals surface area contributed by atoms with Crippen LogP contribution in [0, 0.1) is 0 Å². The smallest absolute Gasteiger partial charge is 0.343 e. The number of pyridine rings is 1. The molecule has 186 valence electrons. The Bertz CT molecular complexity index is 1540. The van der Waals surface area contributed by atoms with Gasteiger partial charge >= 0.3 is 15.5 Å². The quantitative estimate of drug-likeness (QED) is 0.372. The van der Waals surface area contributed by atoms with Gasteiger partial charge in [0, 0.05) is 30.9 Å². The number of alkyl halides is 3. The van der Waals surface area contributed by atoms with Crippen LogP contribution >= 0.6 is 0 Å². The van der Waals surface area contributed by atoms with Crippen molar-refractivity contribution >= 4 is 26.8 Å². The number of benzene rings is 2. The van der Waals surface area contributed by atoms with E-state index < -0.39 is 21.4 Å². The molecule has 0 radical (unpaired) electrons. The van der Waals surface area contributed by atoms with Gasteiger partial charge in [0.25, 0.3) is 5.91 Å². The molecule has 1 aliphatic rings. The first kappa shape index (κ1) is 24.1. The Morgan fingerprint density at radius 1 is 1.03 bits per heavy atom. The van der Waals surface area contributed by atoms with E-state index in [1.165, 1.54) is 6.07 Å². The van der Waals surface area contributed by atoms with E-state index in [1.54, 1.807) is 6.20 Å². The normalized spacial score (nSPS) is 14.2. The first-order valence-corrected chi connectivity index (χ1v) is 12.8. The number of nitrogens with one attached hydrogen (secondary N) is 1. The molecule has 4 aromatic rings. The van der Waals surface area contributed by atoms with Gasteiger partial charge in [-0.1, -0.05) is 36.4 Å². The summed E-state index contributed by atoms with van der Waals surface area (Å²) in [7, 11) is -5.83. The van der Waals surface area contributed by atoms with E-state index in [0.29, 0.717) is 12.1 Å². The highest BCUT2D eigenvalue weighted by molar-refractivity contribution is 7.90. The number of sulfonamides is 1. The fraction of sp³-hybridized carbons (Fsp3) is 0.231. The van der Waals surface area contributed by atoms with Crippen LogP contribution in [0.15, 0.2) is 73.1 Å². The Kier molecular flexibility index (Phi) is 6.07. The molecule has 0 spiro atoms. The zero-order valence-electron chi connectivity index (χ0n) is 19.0. The van der Waals surface area contributed by atoms with Gasteiger partial charge in [-0.15, -0.1) is 0 Å². The number of nitrogens with zero attached hydrogens (tertiary/aromatic N) is 2. The van der Waals surface area contributed by atoms with Crippen LogP contribution in [0.4, 0.5) is 13.2 Å². The monoisotopic (exact) mass is 513 g/mol. The Morgan fingerprint density at radius 3 is 2.47 bits per heavy atom. The SMILES string of the molecule is O=C(NS(=O)(=O)C(F)(F)F)c1cc(C2CC2)cnc1Cc1ccc2c(ccn2Cc2ccccc2)c1. The molecular formula is C26H22F3N3O3S. The molecule has 36 heavy (non-hydrogen) atoms. The summed E-state index contributed by atoms with van der Waals surface area (Å²) in [5, 5.41) is 0.962. The number of amides is 1. The predicted molar refractivity (Wildman–Crippen MR) is 129 cm³/mol. The lowest BCUT2D eigenvalue weighted by Gasteiger charge is -2.13. The Morgan fingerprint density at radius 2 is 1.78 bits per heavy atom. The molecule has 6 nitrogen and oxygen atoms in total. The summed E-state index contributed by atoms with van der Waals surface area (Å²) in [5.74, 6) is -1.16. The van der Waals surface area contributed by atoms with Gasteiger partial charge in [-0.3, -0.25) is 9.78 Å². The number of hydrogen-bond acceptors (Lipinski definition) is 4. The van der Waals surface area contributed by atoms with Crippen molar-refractivity contribution in [3.63, 3.8) is 0 Å². The van der Waals surface area contributed by atoms with E-state index in [-0.39, 0.29) is 23.6 Å². The highest BCUT2D eigenvalue weighted by Gasteiger charge is 2.47. The second-order valence-electron chi connectivity index (χ2n) is 8.92. The molecule has 1 saturated carbocycles. The van der Waals surface area contributed by atoms with Crippen molar-refractivity contribution in [2.45, 2.75) is 37.2 Å². The van der Waals surface area contributed by atoms with Gasteiger partial charge in [-0.2, -0.15) is 21.6 Å². The zero-order valence-corrected chi connectivity index (χ0v) is 19.8. The number of rotatable bonds is 7. The molecule has 0 aliphatic heterocycles. The van der Waals surface area contributed by atoms with E-state index >= 15 is 0 Å². The summed E-state index contributed by atoms with van der Waals surface area (Å²) in [6, 6.07) is 19.2. The van der Waals surface area contributed by atoms with Crippen LogP contribution in [0.25, 0.3) is 10.9 Å². The largest absolute Gasteiger partial charge is 0.516 e. The topological polar surface area (TPSA) is 81.1 Å². The lowest BCUT2D eigenvalue weighted by molar-refractivity contribution is -0.0446. The molecule has 5 rings (SSSR count). The third-order valence-corrected chi connectivity index (χ3v) is 7.28. The number of carbonyl (C=O) groups is 1. The molecule has 2 aromatic carbocycles. The van der Waals surface area contributed by atoms with Crippen molar-refractivity contribution in [3.8, 4) is 0 Å². The number of halogens is 3. The Labute approximate surface area is 205 Å². The molecule has 1 amide bonds. The summed E-state index contributed by atoms with van der Waals surface area (Å²) in [6.07, 6.45) is 5.51. The van der Waals surface area contributed by atoms with Crippen LogP contribution in [0.2, 0.25) is 0 Å². The van der Waals surface area contributed by atoms with Crippen LogP contribution in [-0.4, -0.2) is 29.4 Å². The summed E-state index contributed by atoms with van der Waals surface area (Å²) in [4.78, 5) is 17.0. The van der Waals surface area contributed by atoms with Crippen LogP contribution in [0.3, 0.4) is 0 Å². The van der Waals surface area contributed by atoms with Gasteiger partial charge in [-0.25, -0.2) is 4.72 Å². The van der Waals surface area contributed by atoms with Gasteiger partial charge in [0.15, 0.2) is 0 Å². The summed E-state index contributed by atoms with van der Waals surface area (Å²) >= 11 is 0. The first-order chi connectivity index (χ1) is 17.1. The zero-order chi connectivity index (χ0) is 25.5. The molecule has 0 saturated heterocycles. The fourth-order valence-corrected chi connectivity index (χ4v) is 4.66. The number of aromatic nitrogens is 2. The van der Waals surface area contributed by atoms with Gasteiger partial charge in [0.2, 0.25) is 0 Å². The second-order valence-corrected chi connectivity index (χ2v) is 10.6. The molecule has 1 N–H and O–H groups in total. The predicted octanol–water partition coefficient (Wildman–Crippen LogP) is 5.13. The molecular weight excluding hydrogens is 491 g/mol. The average molecular weight is 514 g/mol. The van der Waals surface area contributed by atoms with E-state index in [1.807, 2.05) is 60.8 Å². The minimum atomic E-state index is -5.83. The molecule has 10 heteroatoms. The number of fused-ring (bicyclic) bond motifs is 1. The van der Waals surface area contributed by atoms with Crippen molar-refractivity contribution in [2.24, 2.45) is 0 Å². The average Bonchev–Trinajstić information content (AvgIpc) is 3.61. The fourth-order valence-electron chi connectivity index (χ4n) is 4.19. The van der Waals surface area contributed by atoms with E-state index in [0.717, 1.165) is 39.6 Å². The van der Waals surface area contributed by atoms with Crippen LogP contribution in [0.5, 0.6) is 0 Å². The van der Waals surface area contributed by atoms with Gasteiger partial charge < -0.3 is 4.57 Å². The van der Waals surface area contributed by atoms with Gasteiger partial charge in [-0.05, 0) is 65.1 Å². The number of hydrogen-bond donors (Lipinski definition) is 1. The first-order valence-electron chi connectivity index (χ1n) is 11.3. The third kappa shape index (κ3) is 4.99.